The van der Waals surface area contributed by atoms with Gasteiger partial charge in [-0.1, -0.05) is 35.9 Å². The number of ether oxygens (including phenoxy) is 1. The van der Waals surface area contributed by atoms with E-state index in [1.54, 1.807) is 24.3 Å². The van der Waals surface area contributed by atoms with E-state index in [0.717, 1.165) is 36.4 Å². The zero-order valence-electron chi connectivity index (χ0n) is 16.6. The highest BCUT2D eigenvalue weighted by atomic mass is 32.2. The van der Waals surface area contributed by atoms with E-state index >= 15 is 0 Å². The first-order chi connectivity index (χ1) is 14.6. The summed E-state index contributed by atoms with van der Waals surface area (Å²) in [7, 11) is -2.46. The average Bonchev–Trinajstić information content (AvgIpc) is 3.29. The SMILES string of the molecule is O=C(c1ccc(C[SH](=O)=O)cc1)N1CCC(=Cc2ccc(C3=NCCO3)cc2)CC1. The van der Waals surface area contributed by atoms with Crippen molar-refractivity contribution in [2.24, 2.45) is 4.99 Å². The molecule has 0 aliphatic carbocycles. The molecule has 0 N–H and O–H groups in total. The first-order valence-corrected chi connectivity index (χ1v) is 11.4. The summed E-state index contributed by atoms with van der Waals surface area (Å²) in [5.41, 5.74) is 4.77. The summed E-state index contributed by atoms with van der Waals surface area (Å²) < 4.78 is 27.1. The Bertz CT molecular complexity index is 1040. The first-order valence-electron chi connectivity index (χ1n) is 10.1. The van der Waals surface area contributed by atoms with Crippen molar-refractivity contribution >= 4 is 28.6 Å². The molecule has 1 amide bonds. The minimum Gasteiger partial charge on any atom is -0.476 e. The average molecular weight is 425 g/mol. The van der Waals surface area contributed by atoms with Gasteiger partial charge in [0, 0.05) is 24.2 Å². The molecule has 1 fully saturated rings. The van der Waals surface area contributed by atoms with Crippen LogP contribution in [-0.2, 0) is 21.2 Å². The number of amides is 1. The van der Waals surface area contributed by atoms with Gasteiger partial charge < -0.3 is 9.64 Å². The van der Waals surface area contributed by atoms with Gasteiger partial charge in [0.2, 0.25) is 5.90 Å². The van der Waals surface area contributed by atoms with Gasteiger partial charge in [0.1, 0.15) is 17.3 Å². The molecule has 6 nitrogen and oxygen atoms in total. The Labute approximate surface area is 177 Å². The topological polar surface area (TPSA) is 76.0 Å². The summed E-state index contributed by atoms with van der Waals surface area (Å²) in [6.45, 7) is 2.74. The van der Waals surface area contributed by atoms with Crippen LogP contribution in [0.25, 0.3) is 6.08 Å². The maximum Gasteiger partial charge on any atom is 0.253 e. The molecule has 2 aromatic rings. The maximum atomic E-state index is 12.7. The van der Waals surface area contributed by atoms with Crippen LogP contribution in [0.5, 0.6) is 0 Å². The lowest BCUT2D eigenvalue weighted by molar-refractivity contribution is 0.0744. The van der Waals surface area contributed by atoms with E-state index in [1.807, 2.05) is 17.0 Å². The third-order valence-electron chi connectivity index (χ3n) is 5.32. The predicted molar refractivity (Wildman–Crippen MR) is 117 cm³/mol. The minimum absolute atomic E-state index is 0.00376. The largest absolute Gasteiger partial charge is 0.476 e. The van der Waals surface area contributed by atoms with Crippen LogP contribution in [0.2, 0.25) is 0 Å². The standard InChI is InChI=1S/C23H24N2O4S/c26-23(21-7-3-19(4-8-21)16-30(27)28)25-12-9-18(10-13-25)15-17-1-5-20(6-2-17)22-24-11-14-29-22/h1-8,15,30H,9-14,16H2. The fourth-order valence-corrected chi connectivity index (χ4v) is 4.20. The van der Waals surface area contributed by atoms with Crippen LogP contribution in [-0.4, -0.2) is 51.4 Å². The van der Waals surface area contributed by atoms with Crippen molar-refractivity contribution in [1.29, 1.82) is 0 Å². The molecule has 30 heavy (non-hydrogen) atoms. The third-order valence-corrected chi connectivity index (χ3v) is 5.94. The molecule has 2 aromatic carbocycles. The zero-order chi connectivity index (χ0) is 20.9. The Morgan fingerprint density at radius 1 is 1.03 bits per heavy atom. The number of piperidine rings is 1. The first kappa shape index (κ1) is 20.3. The number of nitrogens with zero attached hydrogens (tertiary/aromatic N) is 2. The lowest BCUT2D eigenvalue weighted by Crippen LogP contribution is -2.36. The smallest absolute Gasteiger partial charge is 0.253 e. The molecular formula is C23H24N2O4S. The van der Waals surface area contributed by atoms with Gasteiger partial charge in [-0.3, -0.25) is 4.79 Å². The second-order valence-electron chi connectivity index (χ2n) is 7.44. The van der Waals surface area contributed by atoms with Gasteiger partial charge in [-0.15, -0.1) is 0 Å². The lowest BCUT2D eigenvalue weighted by atomic mass is 9.99. The molecule has 0 bridgehead atoms. The van der Waals surface area contributed by atoms with E-state index in [9.17, 15) is 13.2 Å². The van der Waals surface area contributed by atoms with Crippen molar-refractivity contribution in [2.45, 2.75) is 18.6 Å². The molecule has 156 valence electrons. The van der Waals surface area contributed by atoms with Gasteiger partial charge in [0.05, 0.1) is 12.3 Å². The molecule has 0 atom stereocenters. The van der Waals surface area contributed by atoms with Gasteiger partial charge in [0.25, 0.3) is 5.91 Å². The van der Waals surface area contributed by atoms with Crippen LogP contribution in [0.3, 0.4) is 0 Å². The Morgan fingerprint density at radius 2 is 1.73 bits per heavy atom. The number of carbonyl (C=O) groups is 1. The number of hydrogen-bond donors (Lipinski definition) is 1. The number of rotatable bonds is 5. The summed E-state index contributed by atoms with van der Waals surface area (Å²) in [4.78, 5) is 18.9. The van der Waals surface area contributed by atoms with Crippen LogP contribution in [0, 0.1) is 0 Å². The third kappa shape index (κ3) is 4.97. The summed E-state index contributed by atoms with van der Waals surface area (Å²) in [5.74, 6) is 0.716. The van der Waals surface area contributed by atoms with Crippen LogP contribution >= 0.6 is 0 Å². The fourth-order valence-electron chi connectivity index (χ4n) is 3.69. The molecule has 0 spiro atoms. The summed E-state index contributed by atoms with van der Waals surface area (Å²) in [5, 5.41) is 0. The van der Waals surface area contributed by atoms with Gasteiger partial charge in [0.15, 0.2) is 0 Å². The Kier molecular flexibility index (Phi) is 6.28. The molecule has 7 heteroatoms. The second-order valence-corrected chi connectivity index (χ2v) is 8.42. The highest BCUT2D eigenvalue weighted by molar-refractivity contribution is 7.71. The van der Waals surface area contributed by atoms with Crippen molar-refractivity contribution in [3.63, 3.8) is 0 Å². The normalized spacial score (nSPS) is 16.4. The van der Waals surface area contributed by atoms with E-state index in [0.29, 0.717) is 30.8 Å². The molecule has 2 aliphatic heterocycles. The maximum absolute atomic E-state index is 12.7. The number of aliphatic imine (C=N–C) groups is 1. The van der Waals surface area contributed by atoms with Gasteiger partial charge >= 0.3 is 0 Å². The fraction of sp³-hybridized carbons (Fsp3) is 0.304. The summed E-state index contributed by atoms with van der Waals surface area (Å²) in [6.07, 6.45) is 3.89. The quantitative estimate of drug-likeness (QED) is 0.749. The monoisotopic (exact) mass is 424 g/mol. The van der Waals surface area contributed by atoms with E-state index in [4.69, 9.17) is 4.74 Å². The number of thiol groups is 1. The van der Waals surface area contributed by atoms with Crippen molar-refractivity contribution in [2.75, 3.05) is 26.2 Å². The van der Waals surface area contributed by atoms with Crippen LogP contribution in [0.1, 0.15) is 39.9 Å². The lowest BCUT2D eigenvalue weighted by Gasteiger charge is -2.28. The van der Waals surface area contributed by atoms with Gasteiger partial charge in [-0.2, -0.15) is 0 Å². The highest BCUT2D eigenvalue weighted by Gasteiger charge is 2.20. The number of carbonyl (C=O) groups excluding carboxylic acids is 1. The van der Waals surface area contributed by atoms with Crippen LogP contribution < -0.4 is 0 Å². The molecule has 2 aliphatic rings. The summed E-state index contributed by atoms with van der Waals surface area (Å²) >= 11 is 0. The number of hydrogen-bond acceptors (Lipinski definition) is 5. The van der Waals surface area contributed by atoms with E-state index < -0.39 is 10.7 Å². The molecule has 2 heterocycles. The second kappa shape index (κ2) is 9.26. The number of likely N-dealkylation sites (tertiary alicyclic amines) is 1. The van der Waals surface area contributed by atoms with E-state index in [2.05, 4.69) is 23.2 Å². The van der Waals surface area contributed by atoms with Crippen molar-refractivity contribution in [1.82, 2.24) is 4.90 Å². The Morgan fingerprint density at radius 3 is 2.33 bits per heavy atom. The van der Waals surface area contributed by atoms with E-state index in [1.165, 1.54) is 5.57 Å². The van der Waals surface area contributed by atoms with E-state index in [-0.39, 0.29) is 11.7 Å². The Hall–Kier alpha value is -2.93. The molecule has 0 radical (unpaired) electrons. The van der Waals surface area contributed by atoms with Crippen LogP contribution in [0.15, 0.2) is 59.1 Å². The Balaban J connectivity index is 1.34. The number of benzene rings is 2. The zero-order valence-corrected chi connectivity index (χ0v) is 17.5. The van der Waals surface area contributed by atoms with Crippen LogP contribution in [0.4, 0.5) is 0 Å². The van der Waals surface area contributed by atoms with Crippen molar-refractivity contribution in [3.05, 3.63) is 76.4 Å². The molecule has 1 saturated heterocycles. The molecule has 0 saturated carbocycles. The van der Waals surface area contributed by atoms with Gasteiger partial charge in [-0.05, 0) is 48.2 Å². The van der Waals surface area contributed by atoms with Crippen molar-refractivity contribution < 1.29 is 17.9 Å². The van der Waals surface area contributed by atoms with Gasteiger partial charge in [-0.25, -0.2) is 13.4 Å². The summed E-state index contributed by atoms with van der Waals surface area (Å²) in [6, 6.07) is 15.0. The molecule has 4 rings (SSSR count). The molecule has 0 unspecified atom stereocenters. The minimum atomic E-state index is -2.46. The van der Waals surface area contributed by atoms with Crippen molar-refractivity contribution in [3.8, 4) is 0 Å². The molecular weight excluding hydrogens is 400 g/mol. The predicted octanol–water partition coefficient (Wildman–Crippen LogP) is 2.89. The highest BCUT2D eigenvalue weighted by Crippen LogP contribution is 2.22. The molecule has 0 aromatic heterocycles.